The minimum atomic E-state index is -0.200. The first kappa shape index (κ1) is 13.3. The summed E-state index contributed by atoms with van der Waals surface area (Å²) in [7, 11) is 0. The lowest BCUT2D eigenvalue weighted by Crippen LogP contribution is -2.47. The van der Waals surface area contributed by atoms with Crippen LogP contribution < -0.4 is 9.80 Å². The third kappa shape index (κ3) is 2.77. The van der Waals surface area contributed by atoms with Crippen molar-refractivity contribution in [1.29, 1.82) is 5.26 Å². The first-order valence-corrected chi connectivity index (χ1v) is 6.75. The van der Waals surface area contributed by atoms with Crippen molar-refractivity contribution in [2.24, 2.45) is 0 Å². The second-order valence-corrected chi connectivity index (χ2v) is 4.78. The Balaban J connectivity index is 1.71. The van der Waals surface area contributed by atoms with Gasteiger partial charge in [0.05, 0.1) is 5.69 Å². The maximum absolute atomic E-state index is 13.8. The third-order valence-corrected chi connectivity index (χ3v) is 3.51. The lowest BCUT2D eigenvalue weighted by Gasteiger charge is -2.36. The van der Waals surface area contributed by atoms with Gasteiger partial charge in [0.15, 0.2) is 0 Å². The summed E-state index contributed by atoms with van der Waals surface area (Å²) >= 11 is 0. The molecule has 0 spiro atoms. The fourth-order valence-corrected chi connectivity index (χ4v) is 2.42. The molecule has 0 unspecified atom stereocenters. The lowest BCUT2D eigenvalue weighted by molar-refractivity contribution is 0.594. The molecule has 0 bridgehead atoms. The van der Waals surface area contributed by atoms with E-state index >= 15 is 0 Å². The lowest BCUT2D eigenvalue weighted by atomic mass is 10.2. The number of anilines is 2. The molecule has 1 aliphatic rings. The number of piperazine rings is 1. The highest BCUT2D eigenvalue weighted by Gasteiger charge is 2.20. The molecule has 1 saturated heterocycles. The second kappa shape index (κ2) is 5.75. The molecule has 21 heavy (non-hydrogen) atoms. The molecule has 1 aromatic carbocycles. The quantitative estimate of drug-likeness (QED) is 0.841. The van der Waals surface area contributed by atoms with Crippen LogP contribution in [-0.2, 0) is 0 Å². The molecule has 3 rings (SSSR count). The van der Waals surface area contributed by atoms with Gasteiger partial charge in [-0.25, -0.2) is 14.4 Å². The standard InChI is InChI=1S/C15H14FN5/c16-13-3-1-2-4-14(13)20-7-9-21(10-8-20)15-18-6-5-12(11-17)19-15/h1-6H,7-10H2. The minimum absolute atomic E-state index is 0.200. The van der Waals surface area contributed by atoms with Gasteiger partial charge < -0.3 is 9.80 Å². The van der Waals surface area contributed by atoms with Crippen LogP contribution in [0.3, 0.4) is 0 Å². The molecule has 0 atom stereocenters. The largest absolute Gasteiger partial charge is 0.366 e. The van der Waals surface area contributed by atoms with Crippen LogP contribution in [0, 0.1) is 17.1 Å². The highest BCUT2D eigenvalue weighted by atomic mass is 19.1. The van der Waals surface area contributed by atoms with E-state index in [0.29, 0.717) is 43.5 Å². The van der Waals surface area contributed by atoms with Gasteiger partial charge in [0.25, 0.3) is 0 Å². The van der Waals surface area contributed by atoms with Gasteiger partial charge in [-0.05, 0) is 18.2 Å². The van der Waals surface area contributed by atoms with E-state index in [1.165, 1.54) is 6.07 Å². The van der Waals surface area contributed by atoms with E-state index in [0.717, 1.165) is 0 Å². The molecule has 0 N–H and O–H groups in total. The Morgan fingerprint density at radius 2 is 1.76 bits per heavy atom. The fraction of sp³-hybridized carbons (Fsp3) is 0.267. The Morgan fingerprint density at radius 3 is 2.48 bits per heavy atom. The Labute approximate surface area is 122 Å². The average molecular weight is 283 g/mol. The molecule has 1 fully saturated rings. The maximum Gasteiger partial charge on any atom is 0.226 e. The number of para-hydroxylation sites is 1. The van der Waals surface area contributed by atoms with Gasteiger partial charge in [0.2, 0.25) is 5.95 Å². The number of benzene rings is 1. The summed E-state index contributed by atoms with van der Waals surface area (Å²) in [5.41, 5.74) is 0.986. The number of nitriles is 1. The predicted molar refractivity (Wildman–Crippen MR) is 77.6 cm³/mol. The van der Waals surface area contributed by atoms with Crippen molar-refractivity contribution in [1.82, 2.24) is 9.97 Å². The van der Waals surface area contributed by atoms with Crippen molar-refractivity contribution in [3.8, 4) is 6.07 Å². The molecule has 2 aromatic rings. The number of hydrogen-bond acceptors (Lipinski definition) is 5. The summed E-state index contributed by atoms with van der Waals surface area (Å²) in [5.74, 6) is 0.357. The van der Waals surface area contributed by atoms with Gasteiger partial charge in [0.1, 0.15) is 17.6 Å². The van der Waals surface area contributed by atoms with E-state index in [9.17, 15) is 4.39 Å². The molecule has 5 nitrogen and oxygen atoms in total. The molecule has 6 heteroatoms. The second-order valence-electron chi connectivity index (χ2n) is 4.78. The van der Waals surface area contributed by atoms with Crippen LogP contribution in [0.5, 0.6) is 0 Å². The van der Waals surface area contributed by atoms with Gasteiger partial charge in [-0.3, -0.25) is 0 Å². The molecule has 0 amide bonds. The van der Waals surface area contributed by atoms with Gasteiger partial charge >= 0.3 is 0 Å². The Kier molecular flexibility index (Phi) is 3.65. The molecular formula is C15H14FN5. The number of hydrogen-bond donors (Lipinski definition) is 0. The zero-order chi connectivity index (χ0) is 14.7. The molecule has 2 heterocycles. The van der Waals surface area contributed by atoms with Crippen LogP contribution in [0.2, 0.25) is 0 Å². The van der Waals surface area contributed by atoms with Gasteiger partial charge in [0, 0.05) is 32.4 Å². The molecule has 0 saturated carbocycles. The first-order chi connectivity index (χ1) is 10.3. The van der Waals surface area contributed by atoms with E-state index in [1.54, 1.807) is 24.4 Å². The average Bonchev–Trinajstić information content (AvgIpc) is 2.56. The van der Waals surface area contributed by atoms with Crippen LogP contribution in [-0.4, -0.2) is 36.1 Å². The monoisotopic (exact) mass is 283 g/mol. The SMILES string of the molecule is N#Cc1ccnc(N2CCN(c3ccccc3F)CC2)n1. The van der Waals surface area contributed by atoms with Crippen LogP contribution in [0.25, 0.3) is 0 Å². The van der Waals surface area contributed by atoms with Gasteiger partial charge in [-0.15, -0.1) is 0 Å². The Bertz CT molecular complexity index is 674. The van der Waals surface area contributed by atoms with E-state index in [-0.39, 0.29) is 5.82 Å². The molecule has 1 aromatic heterocycles. The van der Waals surface area contributed by atoms with Crippen molar-refractivity contribution >= 4 is 11.6 Å². The van der Waals surface area contributed by atoms with Crippen molar-refractivity contribution in [2.75, 3.05) is 36.0 Å². The summed E-state index contributed by atoms with van der Waals surface area (Å²) < 4.78 is 13.8. The zero-order valence-corrected chi connectivity index (χ0v) is 11.4. The Morgan fingerprint density at radius 1 is 1.05 bits per heavy atom. The maximum atomic E-state index is 13.8. The summed E-state index contributed by atoms with van der Waals surface area (Å²) in [5, 5.41) is 8.87. The fourth-order valence-electron chi connectivity index (χ4n) is 2.42. The van der Waals surface area contributed by atoms with Crippen molar-refractivity contribution in [3.05, 3.63) is 48.0 Å². The van der Waals surface area contributed by atoms with Crippen LogP contribution in [0.15, 0.2) is 36.5 Å². The van der Waals surface area contributed by atoms with E-state index < -0.39 is 0 Å². The molecule has 106 valence electrons. The van der Waals surface area contributed by atoms with E-state index in [2.05, 4.69) is 9.97 Å². The van der Waals surface area contributed by atoms with E-state index in [1.807, 2.05) is 21.9 Å². The van der Waals surface area contributed by atoms with Crippen molar-refractivity contribution < 1.29 is 4.39 Å². The van der Waals surface area contributed by atoms with Crippen LogP contribution >= 0.6 is 0 Å². The summed E-state index contributed by atoms with van der Waals surface area (Å²) in [6, 6.07) is 10.4. The van der Waals surface area contributed by atoms with Crippen LogP contribution in [0.4, 0.5) is 16.0 Å². The van der Waals surface area contributed by atoms with Gasteiger partial charge in [-0.2, -0.15) is 5.26 Å². The summed E-state index contributed by atoms with van der Waals surface area (Å²) in [4.78, 5) is 12.4. The smallest absolute Gasteiger partial charge is 0.226 e. The molecule has 0 radical (unpaired) electrons. The zero-order valence-electron chi connectivity index (χ0n) is 11.4. The molecular weight excluding hydrogens is 269 g/mol. The number of rotatable bonds is 2. The minimum Gasteiger partial charge on any atom is -0.366 e. The Hall–Kier alpha value is -2.68. The molecule has 0 aliphatic carbocycles. The van der Waals surface area contributed by atoms with E-state index in [4.69, 9.17) is 5.26 Å². The van der Waals surface area contributed by atoms with Crippen molar-refractivity contribution in [3.63, 3.8) is 0 Å². The summed E-state index contributed by atoms with van der Waals surface area (Å²) in [6.45, 7) is 2.79. The normalized spacial score (nSPS) is 14.9. The summed E-state index contributed by atoms with van der Waals surface area (Å²) in [6.07, 6.45) is 1.59. The number of halogens is 1. The van der Waals surface area contributed by atoms with Crippen LogP contribution in [0.1, 0.15) is 5.69 Å². The number of aromatic nitrogens is 2. The van der Waals surface area contributed by atoms with Crippen molar-refractivity contribution in [2.45, 2.75) is 0 Å². The third-order valence-electron chi connectivity index (χ3n) is 3.51. The molecule has 1 aliphatic heterocycles. The highest BCUT2D eigenvalue weighted by Crippen LogP contribution is 2.21. The first-order valence-electron chi connectivity index (χ1n) is 6.75. The topological polar surface area (TPSA) is 56.1 Å². The number of nitrogens with zero attached hydrogens (tertiary/aromatic N) is 5. The highest BCUT2D eigenvalue weighted by molar-refractivity contribution is 5.49. The van der Waals surface area contributed by atoms with Gasteiger partial charge in [-0.1, -0.05) is 12.1 Å². The predicted octanol–water partition coefficient (Wildman–Crippen LogP) is 1.81.